The van der Waals surface area contributed by atoms with E-state index in [1.165, 1.54) is 0 Å². The Morgan fingerprint density at radius 2 is 1.77 bits per heavy atom. The molecule has 4 N–H and O–H groups in total. The molecule has 0 aromatic carbocycles. The Labute approximate surface area is 266 Å². The van der Waals surface area contributed by atoms with E-state index in [1.807, 2.05) is 0 Å². The van der Waals surface area contributed by atoms with Gasteiger partial charge in [-0.2, -0.15) is 9.97 Å². The minimum atomic E-state index is -6.12. The Hall–Kier alpha value is 1.90. The van der Waals surface area contributed by atoms with E-state index >= 15 is 0 Å². The minimum Gasteiger partial charge on any atom is -0.756 e. The number of fused-ring (bicyclic) bond motifs is 1. The van der Waals surface area contributed by atoms with Crippen LogP contribution in [0.4, 0.5) is 10.2 Å². The van der Waals surface area contributed by atoms with E-state index in [0.717, 1.165) is 10.9 Å². The fraction of sp³-hybridized carbons (Fsp3) is 0.500. The maximum Gasteiger partial charge on any atom is 1.00 e. The molecule has 3 rings (SSSR count). The van der Waals surface area contributed by atoms with E-state index in [9.17, 15) is 37.9 Å². The molecule has 0 amide bonds. The molecule has 0 spiro atoms. The number of imidazole rings is 1. The first-order valence-corrected chi connectivity index (χ1v) is 12.7. The van der Waals surface area contributed by atoms with Crippen LogP contribution in [0, 0.1) is 0 Å². The number of ether oxygens (including phenoxy) is 1. The van der Waals surface area contributed by atoms with Crippen LogP contribution in [0.2, 0.25) is 5.28 Å². The molecule has 25 heteroatoms. The van der Waals surface area contributed by atoms with Gasteiger partial charge in [0.05, 0.1) is 12.9 Å². The maximum absolute atomic E-state index is 14.6. The Kier molecular flexibility index (Phi) is 14.8. The van der Waals surface area contributed by atoms with Gasteiger partial charge in [-0.25, -0.2) is 18.0 Å². The van der Waals surface area contributed by atoms with Gasteiger partial charge in [0, 0.05) is 0 Å². The Morgan fingerprint density at radius 3 is 2.34 bits per heavy atom. The average Bonchev–Trinajstić information content (AvgIpc) is 3.12. The summed E-state index contributed by atoms with van der Waals surface area (Å²) in [4.78, 5) is 52.9. The van der Waals surface area contributed by atoms with Gasteiger partial charge in [-0.1, -0.05) is 0 Å². The molecule has 1 saturated heterocycles. The number of aliphatic hydroxyl groups is 1. The van der Waals surface area contributed by atoms with Crippen molar-refractivity contribution >= 4 is 52.1 Å². The van der Waals surface area contributed by atoms with Gasteiger partial charge >= 0.3 is 88.7 Å². The molecule has 7 atom stereocenters. The second-order valence-corrected chi connectivity index (χ2v) is 10.7. The van der Waals surface area contributed by atoms with Crippen LogP contribution in [0.5, 0.6) is 0 Å². The predicted octanol–water partition coefficient (Wildman–Crippen LogP) is -10.9. The molecule has 3 unspecified atom stereocenters. The summed E-state index contributed by atoms with van der Waals surface area (Å²) >= 11 is 5.71. The van der Waals surface area contributed by atoms with Crippen LogP contribution in [0.15, 0.2) is 6.33 Å². The number of nitrogen functional groups attached to an aromatic ring is 1. The molecule has 1 aliphatic heterocycles. The number of hydrogen-bond acceptors (Lipinski definition) is 15. The maximum atomic E-state index is 14.6. The first kappa shape index (κ1) is 36.9. The molecule has 1 fully saturated rings. The molecule has 3 heterocycles. The average molecular weight is 610 g/mol. The van der Waals surface area contributed by atoms with Crippen LogP contribution < -0.4 is 109 Å². The van der Waals surface area contributed by atoms with E-state index in [0.29, 0.717) is 0 Å². The third kappa shape index (κ3) is 9.80. The summed E-state index contributed by atoms with van der Waals surface area (Å²) in [5.74, 6) is -0.133. The van der Waals surface area contributed by atoms with Gasteiger partial charge in [-0.3, -0.25) is 18.3 Å². The number of nitrogens with two attached hydrogens (primary N) is 1. The summed E-state index contributed by atoms with van der Waals surface area (Å²) in [5.41, 5.74) is 5.59. The monoisotopic (exact) mass is 609 g/mol. The zero-order chi connectivity index (χ0) is 24.1. The summed E-state index contributed by atoms with van der Waals surface area (Å²) in [6.07, 6.45) is -6.43. The van der Waals surface area contributed by atoms with Gasteiger partial charge < -0.3 is 39.7 Å². The van der Waals surface area contributed by atoms with Crippen molar-refractivity contribution in [2.24, 2.45) is 0 Å². The van der Waals surface area contributed by atoms with Crippen molar-refractivity contribution in [3.63, 3.8) is 0 Å². The van der Waals surface area contributed by atoms with Gasteiger partial charge in [-0.15, -0.1) is 0 Å². The molecular weight excluding hydrogens is 598 g/mol. The van der Waals surface area contributed by atoms with Crippen LogP contribution in [-0.4, -0.2) is 54.5 Å². The summed E-state index contributed by atoms with van der Waals surface area (Å²) in [7, 11) is -17.9. The van der Waals surface area contributed by atoms with Crippen LogP contribution >= 0.6 is 35.1 Å². The van der Waals surface area contributed by atoms with Crippen LogP contribution in [0.3, 0.4) is 0 Å². The molecular formula is C10H11ClFN5Na3O12P3. The third-order valence-corrected chi connectivity index (χ3v) is 7.65. The van der Waals surface area contributed by atoms with Crippen molar-refractivity contribution in [3.8, 4) is 0 Å². The molecule has 180 valence electrons. The van der Waals surface area contributed by atoms with Crippen molar-refractivity contribution in [1.29, 1.82) is 0 Å². The topological polar surface area (TPSA) is 267 Å². The number of phosphoric ester groups is 1. The largest absolute Gasteiger partial charge is 1.00 e. The molecule has 35 heavy (non-hydrogen) atoms. The second kappa shape index (κ2) is 14.0. The fourth-order valence-corrected chi connectivity index (χ4v) is 5.68. The molecule has 0 saturated carbocycles. The smallest absolute Gasteiger partial charge is 0.756 e. The standard InChI is InChI=1S/C10H14ClFN5O12P3.3Na/c11-10-15-7(13)5-8(16-10)17(2-14-5)9-4(12)6(18)3(27-9)1-26-31(22,23)29-32(24,25)28-30(19,20)21;;;/h2-4,6,9,18H,1H2,(H,22,23)(H,24,25)(H2,13,15,16)(H2,19,20,21);;;/q;3*+1/p-3/t3-,4+,6-,9-;;;/m1.../s1. The molecule has 0 aliphatic carbocycles. The van der Waals surface area contributed by atoms with E-state index in [1.54, 1.807) is 0 Å². The molecule has 0 bridgehead atoms. The number of rotatable bonds is 8. The van der Waals surface area contributed by atoms with E-state index < -0.39 is 54.7 Å². The summed E-state index contributed by atoms with van der Waals surface area (Å²) in [5, 5.41) is 9.71. The first-order chi connectivity index (χ1) is 14.6. The van der Waals surface area contributed by atoms with Crippen molar-refractivity contribution in [2.45, 2.75) is 24.6 Å². The van der Waals surface area contributed by atoms with E-state index in [4.69, 9.17) is 27.0 Å². The van der Waals surface area contributed by atoms with Crippen molar-refractivity contribution < 1.29 is 149 Å². The second-order valence-electron chi connectivity index (χ2n) is 6.02. The first-order valence-electron chi connectivity index (χ1n) is 7.95. The van der Waals surface area contributed by atoms with Gasteiger partial charge in [-0.05, 0) is 11.6 Å². The Bertz CT molecular complexity index is 1180. The normalized spacial score (nSPS) is 26.9. The Balaban J connectivity index is 0.00000385. The third-order valence-electron chi connectivity index (χ3n) is 3.79. The Morgan fingerprint density at radius 1 is 1.17 bits per heavy atom. The van der Waals surface area contributed by atoms with E-state index in [2.05, 4.69) is 28.1 Å². The SMILES string of the molecule is Nc1nc(Cl)nc2c1ncn2[C@@H]1O[C@H](COP(=O)([O-])OP(=O)([O-])OP(=O)([O-])O)[C@@H](O)[C@@H]1F.[Na+].[Na+].[Na+]. The van der Waals surface area contributed by atoms with Crippen molar-refractivity contribution in [1.82, 2.24) is 19.5 Å². The minimum absolute atomic E-state index is 0. The van der Waals surface area contributed by atoms with Crippen LogP contribution in [0.1, 0.15) is 6.23 Å². The summed E-state index contributed by atoms with van der Waals surface area (Å²) < 4.78 is 64.8. The summed E-state index contributed by atoms with van der Waals surface area (Å²) in [6.45, 7) is -1.17. The number of phosphoric acid groups is 3. The predicted molar refractivity (Wildman–Crippen MR) is 92.7 cm³/mol. The van der Waals surface area contributed by atoms with Gasteiger partial charge in [0.25, 0.3) is 23.5 Å². The number of nitrogens with zero attached hydrogens (tertiary/aromatic N) is 4. The number of alkyl halides is 1. The number of hydrogen-bond donors (Lipinski definition) is 3. The number of aliphatic hydroxyl groups excluding tert-OH is 1. The number of anilines is 1. The molecule has 0 radical (unpaired) electrons. The van der Waals surface area contributed by atoms with E-state index in [-0.39, 0.29) is 111 Å². The van der Waals surface area contributed by atoms with Crippen molar-refractivity contribution in [3.05, 3.63) is 11.6 Å². The van der Waals surface area contributed by atoms with Gasteiger partial charge in [0.1, 0.15) is 17.7 Å². The quantitative estimate of drug-likeness (QED) is 0.142. The molecule has 1 aliphatic rings. The summed E-state index contributed by atoms with van der Waals surface area (Å²) in [6, 6.07) is 0. The van der Waals surface area contributed by atoms with Gasteiger partial charge in [0.2, 0.25) is 5.28 Å². The number of halogens is 2. The number of aromatic nitrogens is 4. The fourth-order valence-electron chi connectivity index (χ4n) is 2.61. The van der Waals surface area contributed by atoms with Crippen LogP contribution in [0.25, 0.3) is 11.2 Å². The zero-order valence-electron chi connectivity index (χ0n) is 18.0. The molecule has 2 aromatic rings. The van der Waals surface area contributed by atoms with Crippen molar-refractivity contribution in [2.75, 3.05) is 12.3 Å². The zero-order valence-corrected chi connectivity index (χ0v) is 27.5. The molecule has 2 aromatic heterocycles. The van der Waals surface area contributed by atoms with Crippen LogP contribution in [-0.2, 0) is 31.6 Å². The van der Waals surface area contributed by atoms with Gasteiger partial charge in [0.15, 0.2) is 23.9 Å². The molecule has 17 nitrogen and oxygen atoms in total.